The maximum absolute atomic E-state index is 13.7. The highest BCUT2D eigenvalue weighted by Gasteiger charge is 2.65. The minimum atomic E-state index is -3.70. The van der Waals surface area contributed by atoms with Gasteiger partial charge in [0.05, 0.1) is 5.75 Å². The van der Waals surface area contributed by atoms with E-state index in [0.29, 0.717) is 12.8 Å². The number of piperazine rings is 1. The number of halogens is 3. The van der Waals surface area contributed by atoms with Crippen LogP contribution in [0.2, 0.25) is 5.02 Å². The second-order valence-corrected chi connectivity index (χ2v) is 11.6. The summed E-state index contributed by atoms with van der Waals surface area (Å²) < 4.78 is 55.4. The van der Waals surface area contributed by atoms with Gasteiger partial charge in [0.15, 0.2) is 5.02 Å². The molecule has 0 aromatic carbocycles. The smallest absolute Gasteiger partial charge is 0.239 e. The van der Waals surface area contributed by atoms with Gasteiger partial charge in [-0.3, -0.25) is 4.79 Å². The lowest BCUT2D eigenvalue weighted by atomic mass is 9.70. The highest BCUT2D eigenvalue weighted by atomic mass is 35.5. The molecule has 166 valence electrons. The summed E-state index contributed by atoms with van der Waals surface area (Å²) in [5.41, 5.74) is -1.17. The van der Waals surface area contributed by atoms with Crippen molar-refractivity contribution in [2.24, 2.45) is 16.7 Å². The molecular weight excluding hydrogens is 438 g/mol. The largest absolute Gasteiger partial charge is 0.335 e. The normalized spacial score (nSPS) is 31.5. The highest BCUT2D eigenvalue weighted by Crippen LogP contribution is 2.64. The average molecular weight is 463 g/mol. The fourth-order valence-electron chi connectivity index (χ4n) is 5.50. The van der Waals surface area contributed by atoms with Crippen LogP contribution in [0.15, 0.2) is 0 Å². The van der Waals surface area contributed by atoms with Gasteiger partial charge in [0, 0.05) is 37.5 Å². The van der Waals surface area contributed by atoms with Gasteiger partial charge in [0.25, 0.3) is 0 Å². The molecule has 3 aliphatic rings. The van der Waals surface area contributed by atoms with E-state index in [4.69, 9.17) is 11.6 Å². The Bertz CT molecular complexity index is 982. The summed E-state index contributed by atoms with van der Waals surface area (Å²) in [6, 6.07) is -0.408. The van der Waals surface area contributed by atoms with E-state index in [-0.39, 0.29) is 48.5 Å². The lowest BCUT2D eigenvalue weighted by molar-refractivity contribution is -0.128. The molecule has 0 spiro atoms. The minimum Gasteiger partial charge on any atom is -0.335 e. The van der Waals surface area contributed by atoms with Gasteiger partial charge < -0.3 is 4.90 Å². The maximum Gasteiger partial charge on any atom is 0.239 e. The van der Waals surface area contributed by atoms with Crippen molar-refractivity contribution < 1.29 is 22.0 Å². The fraction of sp³-hybridized carbons (Fsp3) is 0.737. The van der Waals surface area contributed by atoms with Crippen LogP contribution < -0.4 is 4.90 Å². The van der Waals surface area contributed by atoms with Crippen molar-refractivity contribution in [3.63, 3.8) is 0 Å². The Morgan fingerprint density at radius 2 is 1.83 bits per heavy atom. The first-order valence-corrected chi connectivity index (χ1v) is 12.0. The first kappa shape index (κ1) is 21.8. The molecule has 1 saturated heterocycles. The van der Waals surface area contributed by atoms with Crippen molar-refractivity contribution >= 4 is 33.4 Å². The van der Waals surface area contributed by atoms with E-state index in [1.165, 1.54) is 4.31 Å². The minimum absolute atomic E-state index is 0.0551. The van der Waals surface area contributed by atoms with Crippen molar-refractivity contribution in [2.45, 2.75) is 46.1 Å². The molecule has 2 saturated carbocycles. The molecule has 2 heterocycles. The number of Topliss-reactive ketones (excluding diaryl/α,β-unsaturated/α-hetero) is 1. The monoisotopic (exact) mass is 462 g/mol. The third-order valence-electron chi connectivity index (χ3n) is 7.57. The summed E-state index contributed by atoms with van der Waals surface area (Å²) >= 11 is 5.45. The molecule has 1 aliphatic heterocycles. The number of hydrogen-bond donors (Lipinski definition) is 0. The van der Waals surface area contributed by atoms with Gasteiger partial charge in [-0.2, -0.15) is 23.1 Å². The van der Waals surface area contributed by atoms with Crippen LogP contribution in [0.25, 0.3) is 0 Å². The second-order valence-electron chi connectivity index (χ2n) is 9.24. The van der Waals surface area contributed by atoms with E-state index in [9.17, 15) is 22.0 Å². The Hall–Kier alpha value is -1.39. The van der Waals surface area contributed by atoms with Crippen LogP contribution in [0.3, 0.4) is 0 Å². The summed E-state index contributed by atoms with van der Waals surface area (Å²) in [4.78, 5) is 21.5. The lowest BCUT2D eigenvalue weighted by Crippen LogP contribution is -2.56. The second kappa shape index (κ2) is 7.06. The Balaban J connectivity index is 1.52. The third kappa shape index (κ3) is 3.14. The third-order valence-corrected chi connectivity index (χ3v) is 9.85. The van der Waals surface area contributed by atoms with Gasteiger partial charge in [-0.05, 0) is 31.1 Å². The van der Waals surface area contributed by atoms with Crippen molar-refractivity contribution in [1.29, 1.82) is 0 Å². The number of hydrogen-bond acceptors (Lipinski definition) is 6. The molecule has 3 fully saturated rings. The van der Waals surface area contributed by atoms with Crippen molar-refractivity contribution in [1.82, 2.24) is 14.3 Å². The van der Waals surface area contributed by atoms with Crippen LogP contribution in [0.5, 0.6) is 0 Å². The molecule has 0 unspecified atom stereocenters. The molecule has 3 atom stereocenters. The van der Waals surface area contributed by atoms with Crippen LogP contribution in [0.1, 0.15) is 40.0 Å². The zero-order chi connectivity index (χ0) is 22.1. The summed E-state index contributed by atoms with van der Waals surface area (Å²) in [7, 11) is -3.70. The molecule has 2 bridgehead atoms. The Morgan fingerprint density at radius 1 is 1.20 bits per heavy atom. The molecule has 0 radical (unpaired) electrons. The average Bonchev–Trinajstić information content (AvgIpc) is 2.99. The van der Waals surface area contributed by atoms with Crippen LogP contribution in [0, 0.1) is 28.6 Å². The summed E-state index contributed by atoms with van der Waals surface area (Å²) in [5, 5.41) is -0.773. The van der Waals surface area contributed by atoms with E-state index in [1.54, 1.807) is 11.8 Å². The van der Waals surface area contributed by atoms with E-state index in [1.807, 2.05) is 13.8 Å². The van der Waals surface area contributed by atoms with Gasteiger partial charge in [-0.15, -0.1) is 0 Å². The first-order chi connectivity index (χ1) is 13.9. The number of ketones is 1. The SMILES string of the molecule is C[C@@H]1CN(S(=O)(=O)C[C@]23CC[C@@H](CC2=O)C3(C)C)CCN1c1nc(F)c(Cl)c(F)n1. The van der Waals surface area contributed by atoms with Crippen molar-refractivity contribution in [2.75, 3.05) is 30.3 Å². The van der Waals surface area contributed by atoms with Crippen LogP contribution in [-0.4, -0.2) is 59.9 Å². The molecule has 0 amide bonds. The van der Waals surface area contributed by atoms with E-state index in [0.717, 1.165) is 6.42 Å². The highest BCUT2D eigenvalue weighted by molar-refractivity contribution is 7.89. The maximum atomic E-state index is 13.7. The molecule has 4 rings (SSSR count). The van der Waals surface area contributed by atoms with Gasteiger partial charge >= 0.3 is 0 Å². The van der Waals surface area contributed by atoms with Crippen LogP contribution in [-0.2, 0) is 14.8 Å². The zero-order valence-electron chi connectivity index (χ0n) is 17.2. The van der Waals surface area contributed by atoms with E-state index < -0.39 is 38.4 Å². The van der Waals surface area contributed by atoms with Crippen LogP contribution >= 0.6 is 11.6 Å². The first-order valence-electron chi connectivity index (χ1n) is 10.1. The number of carbonyl (C=O) groups excluding carboxylic acids is 1. The summed E-state index contributed by atoms with van der Waals surface area (Å²) in [5.74, 6) is -2.36. The molecule has 11 heteroatoms. The summed E-state index contributed by atoms with van der Waals surface area (Å²) in [6.45, 7) is 6.17. The van der Waals surface area contributed by atoms with Crippen molar-refractivity contribution in [3.8, 4) is 0 Å². The molecule has 1 aromatic heterocycles. The quantitative estimate of drug-likeness (QED) is 0.640. The number of fused-ring (bicyclic) bond motifs is 2. The summed E-state index contributed by atoms with van der Waals surface area (Å²) in [6.07, 6.45) is 1.94. The Kier molecular flexibility index (Phi) is 5.14. The zero-order valence-corrected chi connectivity index (χ0v) is 18.7. The number of carbonyl (C=O) groups is 1. The standard InChI is InChI=1S/C19H25ClF2N4O3S/c1-11-9-25(6-7-26(11)17-23-15(21)14(20)16(22)24-17)30(28,29)10-19-5-4-12(8-13(19)27)18(19,2)3/h11-12H,4-10H2,1-3H3/t11-,12+,19-/m1/s1. The molecule has 7 nitrogen and oxygen atoms in total. The van der Waals surface area contributed by atoms with Crippen LogP contribution in [0.4, 0.5) is 14.7 Å². The molecule has 0 N–H and O–H groups in total. The molecular formula is C19H25ClF2N4O3S. The predicted molar refractivity (Wildman–Crippen MR) is 108 cm³/mol. The van der Waals surface area contributed by atoms with E-state index in [2.05, 4.69) is 9.97 Å². The van der Waals surface area contributed by atoms with E-state index >= 15 is 0 Å². The van der Waals surface area contributed by atoms with Crippen molar-refractivity contribution in [3.05, 3.63) is 16.9 Å². The number of rotatable bonds is 4. The molecule has 30 heavy (non-hydrogen) atoms. The Morgan fingerprint density at radius 3 is 2.33 bits per heavy atom. The van der Waals surface area contributed by atoms with Gasteiger partial charge in [0.2, 0.25) is 27.9 Å². The lowest BCUT2D eigenvalue weighted by Gasteiger charge is -2.42. The Labute approximate surface area is 179 Å². The number of anilines is 1. The van der Waals surface area contributed by atoms with Gasteiger partial charge in [-0.25, -0.2) is 8.42 Å². The van der Waals surface area contributed by atoms with Gasteiger partial charge in [-0.1, -0.05) is 25.4 Å². The predicted octanol–water partition coefficient (Wildman–Crippen LogP) is 2.64. The number of aromatic nitrogens is 2. The number of sulfonamides is 1. The van der Waals surface area contributed by atoms with Gasteiger partial charge in [0.1, 0.15) is 5.78 Å². The molecule has 2 aliphatic carbocycles. The topological polar surface area (TPSA) is 83.5 Å². The molecule has 1 aromatic rings. The fourth-order valence-corrected chi connectivity index (χ4v) is 7.87. The number of nitrogens with zero attached hydrogens (tertiary/aromatic N) is 4.